The first-order valence-corrected chi connectivity index (χ1v) is 9.00. The smallest absolute Gasteiger partial charge is 0.327 e. The van der Waals surface area contributed by atoms with Gasteiger partial charge in [0.1, 0.15) is 5.52 Å². The van der Waals surface area contributed by atoms with Crippen molar-refractivity contribution in [3.05, 3.63) is 45.5 Å². The Bertz CT molecular complexity index is 1030. The van der Waals surface area contributed by atoms with Gasteiger partial charge in [-0.25, -0.2) is 14.8 Å². The summed E-state index contributed by atoms with van der Waals surface area (Å²) in [6, 6.07) is 7.05. The largest absolute Gasteiger partial charge is 0.364 e. The first-order chi connectivity index (χ1) is 12.5. The van der Waals surface area contributed by atoms with E-state index in [1.807, 2.05) is 0 Å². The van der Waals surface area contributed by atoms with Crippen molar-refractivity contribution in [2.75, 3.05) is 0 Å². The van der Waals surface area contributed by atoms with E-state index in [2.05, 4.69) is 15.0 Å². The number of amides is 1. The van der Waals surface area contributed by atoms with Gasteiger partial charge in [0.15, 0.2) is 17.2 Å². The van der Waals surface area contributed by atoms with Crippen LogP contribution in [0.25, 0.3) is 22.6 Å². The lowest BCUT2D eigenvalue weighted by Gasteiger charge is -2.22. The molecule has 4 rings (SSSR count). The van der Waals surface area contributed by atoms with Gasteiger partial charge in [0, 0.05) is 16.6 Å². The molecule has 3 aromatic rings. The highest BCUT2D eigenvalue weighted by Crippen LogP contribution is 2.30. The molecule has 1 aliphatic rings. The minimum atomic E-state index is -0.704. The van der Waals surface area contributed by atoms with E-state index in [1.165, 1.54) is 6.42 Å². The van der Waals surface area contributed by atoms with E-state index in [4.69, 9.17) is 17.3 Å². The molecule has 1 aliphatic carbocycles. The van der Waals surface area contributed by atoms with E-state index < -0.39 is 5.91 Å². The Labute approximate surface area is 154 Å². The quantitative estimate of drug-likeness (QED) is 0.737. The Morgan fingerprint density at radius 2 is 1.85 bits per heavy atom. The Kier molecular flexibility index (Phi) is 4.24. The summed E-state index contributed by atoms with van der Waals surface area (Å²) in [5.74, 6) is -0.365. The lowest BCUT2D eigenvalue weighted by molar-refractivity contribution is 0.0997. The number of halogens is 1. The number of aromatic amines is 1. The molecule has 1 fully saturated rings. The molecular weight excluding hydrogens is 354 g/mol. The minimum Gasteiger partial charge on any atom is -0.364 e. The number of benzene rings is 1. The van der Waals surface area contributed by atoms with E-state index >= 15 is 0 Å². The van der Waals surface area contributed by atoms with Gasteiger partial charge >= 0.3 is 5.69 Å². The van der Waals surface area contributed by atoms with E-state index in [-0.39, 0.29) is 17.4 Å². The molecule has 0 radical (unpaired) electrons. The first kappa shape index (κ1) is 16.8. The summed E-state index contributed by atoms with van der Waals surface area (Å²) in [7, 11) is 0. The third-order valence-corrected chi connectivity index (χ3v) is 5.10. The fourth-order valence-corrected chi connectivity index (χ4v) is 3.71. The highest BCUT2D eigenvalue weighted by molar-refractivity contribution is 6.30. The molecule has 0 aliphatic heterocycles. The Hall–Kier alpha value is -2.67. The van der Waals surface area contributed by atoms with E-state index in [0.29, 0.717) is 27.6 Å². The van der Waals surface area contributed by atoms with E-state index in [1.54, 1.807) is 28.8 Å². The topological polar surface area (TPSA) is 107 Å². The van der Waals surface area contributed by atoms with Crippen LogP contribution in [-0.2, 0) is 0 Å². The summed E-state index contributed by atoms with van der Waals surface area (Å²) in [6.07, 6.45) is 5.15. The molecule has 0 unspecified atom stereocenters. The summed E-state index contributed by atoms with van der Waals surface area (Å²) in [4.78, 5) is 36.1. The molecular formula is C18H18ClN5O2. The van der Waals surface area contributed by atoms with Gasteiger partial charge in [0.25, 0.3) is 5.91 Å². The van der Waals surface area contributed by atoms with Gasteiger partial charge in [0.2, 0.25) is 0 Å². The molecule has 1 aromatic carbocycles. The van der Waals surface area contributed by atoms with Crippen molar-refractivity contribution in [2.45, 2.75) is 38.1 Å². The number of primary amides is 1. The zero-order valence-electron chi connectivity index (χ0n) is 14.0. The Balaban J connectivity index is 1.96. The molecule has 26 heavy (non-hydrogen) atoms. The molecule has 0 saturated heterocycles. The first-order valence-electron chi connectivity index (χ1n) is 8.62. The highest BCUT2D eigenvalue weighted by atomic mass is 35.5. The third-order valence-electron chi connectivity index (χ3n) is 4.84. The average molecular weight is 372 g/mol. The fourth-order valence-electron chi connectivity index (χ4n) is 3.59. The van der Waals surface area contributed by atoms with E-state index in [0.717, 1.165) is 25.7 Å². The van der Waals surface area contributed by atoms with Crippen molar-refractivity contribution in [2.24, 2.45) is 5.73 Å². The van der Waals surface area contributed by atoms with Crippen LogP contribution < -0.4 is 11.4 Å². The van der Waals surface area contributed by atoms with Gasteiger partial charge in [-0.2, -0.15) is 0 Å². The average Bonchev–Trinajstić information content (AvgIpc) is 2.97. The molecule has 0 atom stereocenters. The third kappa shape index (κ3) is 2.88. The molecule has 1 amide bonds. The molecule has 2 heterocycles. The summed E-state index contributed by atoms with van der Waals surface area (Å²) < 4.78 is 1.65. The van der Waals surface area contributed by atoms with Gasteiger partial charge in [-0.05, 0) is 37.1 Å². The Morgan fingerprint density at radius 1 is 1.15 bits per heavy atom. The molecule has 2 aromatic heterocycles. The predicted octanol–water partition coefficient (Wildman–Crippen LogP) is 3.04. The molecule has 0 spiro atoms. The molecule has 3 N–H and O–H groups in total. The number of aromatic nitrogens is 4. The maximum absolute atomic E-state index is 12.6. The minimum absolute atomic E-state index is 0.0200. The number of carbonyl (C=O) groups excluding carboxylic acids is 1. The summed E-state index contributed by atoms with van der Waals surface area (Å²) in [5, 5.41) is 0.589. The monoisotopic (exact) mass is 371 g/mol. The summed E-state index contributed by atoms with van der Waals surface area (Å²) >= 11 is 5.94. The molecule has 7 nitrogen and oxygen atoms in total. The van der Waals surface area contributed by atoms with Gasteiger partial charge in [-0.3, -0.25) is 9.36 Å². The number of nitrogens with zero attached hydrogens (tertiary/aromatic N) is 3. The number of fused-ring (bicyclic) bond motifs is 1. The maximum atomic E-state index is 12.6. The number of rotatable bonds is 3. The van der Waals surface area contributed by atoms with Crippen LogP contribution in [0.15, 0.2) is 29.1 Å². The standard InChI is InChI=1S/C18H18ClN5O2/c19-11-8-6-10(7-9-11)16-21-13(15(20)25)14-17(23-16)24(18(26)22-14)12-4-2-1-3-5-12/h6-9,12H,1-5H2,(H2,20,25)(H,22,26). The second-order valence-corrected chi connectivity index (χ2v) is 6.99. The molecule has 1 saturated carbocycles. The van der Waals surface area contributed by atoms with Gasteiger partial charge < -0.3 is 10.7 Å². The number of nitrogens with one attached hydrogen (secondary N) is 1. The normalized spacial score (nSPS) is 15.4. The van der Waals surface area contributed by atoms with Crippen molar-refractivity contribution in [3.63, 3.8) is 0 Å². The summed E-state index contributed by atoms with van der Waals surface area (Å²) in [6.45, 7) is 0. The lowest BCUT2D eigenvalue weighted by Crippen LogP contribution is -2.24. The van der Waals surface area contributed by atoms with Crippen molar-refractivity contribution in [1.29, 1.82) is 0 Å². The second-order valence-electron chi connectivity index (χ2n) is 6.56. The molecule has 0 bridgehead atoms. The van der Waals surface area contributed by atoms with Crippen molar-refractivity contribution >= 4 is 28.7 Å². The van der Waals surface area contributed by atoms with Gasteiger partial charge in [-0.15, -0.1) is 0 Å². The van der Waals surface area contributed by atoms with Crippen LogP contribution in [0.2, 0.25) is 5.02 Å². The second kappa shape index (κ2) is 6.57. The fraction of sp³-hybridized carbons (Fsp3) is 0.333. The summed E-state index contributed by atoms with van der Waals surface area (Å²) in [5.41, 5.74) is 6.67. The number of nitrogens with two attached hydrogens (primary N) is 1. The van der Waals surface area contributed by atoms with Gasteiger partial charge in [-0.1, -0.05) is 30.9 Å². The van der Waals surface area contributed by atoms with Crippen LogP contribution in [-0.4, -0.2) is 25.4 Å². The van der Waals surface area contributed by atoms with Crippen molar-refractivity contribution < 1.29 is 4.79 Å². The maximum Gasteiger partial charge on any atom is 0.327 e. The van der Waals surface area contributed by atoms with Crippen molar-refractivity contribution in [1.82, 2.24) is 19.5 Å². The highest BCUT2D eigenvalue weighted by Gasteiger charge is 2.24. The number of hydrogen-bond acceptors (Lipinski definition) is 4. The van der Waals surface area contributed by atoms with Crippen molar-refractivity contribution in [3.8, 4) is 11.4 Å². The molecule has 8 heteroatoms. The number of imidazole rings is 1. The van der Waals surface area contributed by atoms with Crippen LogP contribution >= 0.6 is 11.6 Å². The zero-order chi connectivity index (χ0) is 18.3. The van der Waals surface area contributed by atoms with Crippen LogP contribution in [0, 0.1) is 0 Å². The molecule has 134 valence electrons. The lowest BCUT2D eigenvalue weighted by atomic mass is 9.95. The Morgan fingerprint density at radius 3 is 2.50 bits per heavy atom. The van der Waals surface area contributed by atoms with Crippen LogP contribution in [0.5, 0.6) is 0 Å². The number of carbonyl (C=O) groups is 1. The van der Waals surface area contributed by atoms with Crippen LogP contribution in [0.1, 0.15) is 48.6 Å². The van der Waals surface area contributed by atoms with Gasteiger partial charge in [0.05, 0.1) is 0 Å². The predicted molar refractivity (Wildman–Crippen MR) is 99.2 cm³/mol. The number of H-pyrrole nitrogens is 1. The SMILES string of the molecule is NC(=O)c1nc(-c2ccc(Cl)cc2)nc2c1[nH]c(=O)n2C1CCCCC1. The number of hydrogen-bond donors (Lipinski definition) is 2. The van der Waals surface area contributed by atoms with E-state index in [9.17, 15) is 9.59 Å². The zero-order valence-corrected chi connectivity index (χ0v) is 14.8. The van der Waals surface area contributed by atoms with Crippen LogP contribution in [0.3, 0.4) is 0 Å². The van der Waals surface area contributed by atoms with Crippen LogP contribution in [0.4, 0.5) is 0 Å².